The second-order valence-corrected chi connectivity index (χ2v) is 12.2. The molecule has 0 radical (unpaired) electrons. The quantitative estimate of drug-likeness (QED) is 0.394. The minimum absolute atomic E-state index is 0.159. The Labute approximate surface area is 237 Å². The number of nitrogens with one attached hydrogen (secondary N) is 2. The van der Waals surface area contributed by atoms with Crippen molar-refractivity contribution in [3.8, 4) is 5.69 Å². The SMILES string of the molecule is Cc1ccc(-n2nc(C(C)(C)C)cc2NC(=O)Nc2cccc(CC3CCN(C(=O)[C@@H]4CCCO4)CC3)c2)cc1. The molecule has 0 saturated carbocycles. The van der Waals surface area contributed by atoms with Crippen LogP contribution in [0.1, 0.15) is 63.3 Å². The molecule has 0 bridgehead atoms. The van der Waals surface area contributed by atoms with E-state index in [1.54, 1.807) is 4.68 Å². The van der Waals surface area contributed by atoms with E-state index in [1.807, 2.05) is 60.4 Å². The predicted molar refractivity (Wildman–Crippen MR) is 158 cm³/mol. The van der Waals surface area contributed by atoms with Crippen molar-refractivity contribution in [1.82, 2.24) is 14.7 Å². The summed E-state index contributed by atoms with van der Waals surface area (Å²) in [5, 5.41) is 10.8. The van der Waals surface area contributed by atoms with E-state index in [4.69, 9.17) is 9.84 Å². The molecule has 0 spiro atoms. The Morgan fingerprint density at radius 3 is 2.42 bits per heavy atom. The Bertz CT molecular complexity index is 1330. The lowest BCUT2D eigenvalue weighted by atomic mass is 9.90. The van der Waals surface area contributed by atoms with Gasteiger partial charge in [-0.25, -0.2) is 9.48 Å². The number of aromatic nitrogens is 2. The van der Waals surface area contributed by atoms with Crippen molar-refractivity contribution >= 4 is 23.4 Å². The average molecular weight is 544 g/mol. The van der Waals surface area contributed by atoms with E-state index >= 15 is 0 Å². The molecule has 8 heteroatoms. The Hall–Kier alpha value is -3.65. The van der Waals surface area contributed by atoms with Gasteiger partial charge in [0.2, 0.25) is 0 Å². The first-order valence-corrected chi connectivity index (χ1v) is 14.4. The molecule has 0 unspecified atom stereocenters. The van der Waals surface area contributed by atoms with Gasteiger partial charge in [0.25, 0.3) is 5.91 Å². The number of benzene rings is 2. The van der Waals surface area contributed by atoms with Gasteiger partial charge in [-0.2, -0.15) is 5.10 Å². The monoisotopic (exact) mass is 543 g/mol. The van der Waals surface area contributed by atoms with Gasteiger partial charge in [0.15, 0.2) is 0 Å². The van der Waals surface area contributed by atoms with E-state index in [2.05, 4.69) is 37.5 Å². The molecule has 8 nitrogen and oxygen atoms in total. The Morgan fingerprint density at radius 1 is 1.00 bits per heavy atom. The number of carbonyl (C=O) groups is 2. The Morgan fingerprint density at radius 2 is 1.75 bits per heavy atom. The summed E-state index contributed by atoms with van der Waals surface area (Å²) in [6.07, 6.45) is 4.47. The van der Waals surface area contributed by atoms with Gasteiger partial charge in [0, 0.05) is 36.9 Å². The van der Waals surface area contributed by atoms with E-state index in [1.165, 1.54) is 5.56 Å². The molecular weight excluding hydrogens is 502 g/mol. The molecule has 3 heterocycles. The normalized spacial score (nSPS) is 18.1. The van der Waals surface area contributed by atoms with Crippen molar-refractivity contribution in [2.75, 3.05) is 30.3 Å². The second-order valence-electron chi connectivity index (χ2n) is 12.2. The predicted octanol–water partition coefficient (Wildman–Crippen LogP) is 6.08. The number of ether oxygens (including phenoxy) is 1. The molecular formula is C32H41N5O3. The molecule has 5 rings (SSSR count). The highest BCUT2D eigenvalue weighted by atomic mass is 16.5. The van der Waals surface area contributed by atoms with Crippen molar-refractivity contribution in [1.29, 1.82) is 0 Å². The molecule has 2 saturated heterocycles. The highest BCUT2D eigenvalue weighted by Crippen LogP contribution is 2.28. The summed E-state index contributed by atoms with van der Waals surface area (Å²) >= 11 is 0. The molecule has 2 aliphatic rings. The first-order valence-electron chi connectivity index (χ1n) is 14.4. The fourth-order valence-corrected chi connectivity index (χ4v) is 5.44. The lowest BCUT2D eigenvalue weighted by Gasteiger charge is -2.33. The molecule has 40 heavy (non-hydrogen) atoms. The number of piperidine rings is 1. The van der Waals surface area contributed by atoms with Crippen LogP contribution < -0.4 is 10.6 Å². The number of anilines is 2. The van der Waals surface area contributed by atoms with Gasteiger partial charge in [-0.1, -0.05) is 50.6 Å². The Balaban J connectivity index is 1.20. The summed E-state index contributed by atoms with van der Waals surface area (Å²) in [5.74, 6) is 1.29. The number of hydrogen-bond donors (Lipinski definition) is 2. The van der Waals surface area contributed by atoms with E-state index in [0.717, 1.165) is 67.8 Å². The summed E-state index contributed by atoms with van der Waals surface area (Å²) < 4.78 is 7.37. The van der Waals surface area contributed by atoms with Crippen LogP contribution in [0.4, 0.5) is 16.3 Å². The van der Waals surface area contributed by atoms with Crippen LogP contribution in [0.5, 0.6) is 0 Å². The number of hydrogen-bond acceptors (Lipinski definition) is 4. The highest BCUT2D eigenvalue weighted by Gasteiger charge is 2.31. The average Bonchev–Trinajstić information content (AvgIpc) is 3.60. The fourth-order valence-electron chi connectivity index (χ4n) is 5.44. The smallest absolute Gasteiger partial charge is 0.324 e. The highest BCUT2D eigenvalue weighted by molar-refractivity contribution is 5.99. The van der Waals surface area contributed by atoms with E-state index in [0.29, 0.717) is 18.3 Å². The third kappa shape index (κ3) is 6.73. The van der Waals surface area contributed by atoms with E-state index < -0.39 is 0 Å². The number of amides is 3. The van der Waals surface area contributed by atoms with Crippen LogP contribution in [0.2, 0.25) is 0 Å². The van der Waals surface area contributed by atoms with Gasteiger partial charge >= 0.3 is 6.03 Å². The van der Waals surface area contributed by atoms with Gasteiger partial charge in [0.05, 0.1) is 11.4 Å². The first kappa shape index (κ1) is 27.9. The third-order valence-corrected chi connectivity index (χ3v) is 7.84. The minimum Gasteiger partial charge on any atom is -0.368 e. The molecule has 1 atom stereocenters. The van der Waals surface area contributed by atoms with Crippen molar-refractivity contribution in [3.05, 3.63) is 71.4 Å². The molecule has 2 aliphatic heterocycles. The van der Waals surface area contributed by atoms with Crippen LogP contribution in [0, 0.1) is 12.8 Å². The second kappa shape index (κ2) is 11.8. The van der Waals surface area contributed by atoms with Crippen LogP contribution in [0.25, 0.3) is 5.69 Å². The van der Waals surface area contributed by atoms with Crippen LogP contribution in [0.3, 0.4) is 0 Å². The van der Waals surface area contributed by atoms with Crippen LogP contribution in [-0.2, 0) is 21.4 Å². The third-order valence-electron chi connectivity index (χ3n) is 7.84. The molecule has 1 aromatic heterocycles. The number of carbonyl (C=O) groups excluding carboxylic acids is 2. The zero-order valence-electron chi connectivity index (χ0n) is 24.1. The van der Waals surface area contributed by atoms with Crippen LogP contribution in [0.15, 0.2) is 54.6 Å². The van der Waals surface area contributed by atoms with Crippen molar-refractivity contribution in [2.45, 2.75) is 71.3 Å². The van der Waals surface area contributed by atoms with E-state index in [9.17, 15) is 9.59 Å². The molecule has 212 valence electrons. The zero-order valence-corrected chi connectivity index (χ0v) is 24.1. The maximum atomic E-state index is 13.1. The van der Waals surface area contributed by atoms with Gasteiger partial charge < -0.3 is 15.0 Å². The fraction of sp³-hybridized carbons (Fsp3) is 0.469. The molecule has 2 fully saturated rings. The summed E-state index contributed by atoms with van der Waals surface area (Å²) in [6.45, 7) is 10.6. The molecule has 0 aliphatic carbocycles. The van der Waals surface area contributed by atoms with Crippen molar-refractivity contribution < 1.29 is 14.3 Å². The van der Waals surface area contributed by atoms with Crippen LogP contribution in [-0.4, -0.2) is 52.4 Å². The Kier molecular flexibility index (Phi) is 8.26. The van der Waals surface area contributed by atoms with Crippen LogP contribution >= 0.6 is 0 Å². The molecule has 2 aromatic carbocycles. The van der Waals surface area contributed by atoms with Gasteiger partial charge in [0.1, 0.15) is 11.9 Å². The molecule has 3 aromatic rings. The number of urea groups is 1. The topological polar surface area (TPSA) is 88.5 Å². The number of aryl methyl sites for hydroxylation is 1. The first-order chi connectivity index (χ1) is 19.2. The minimum atomic E-state index is -0.313. The zero-order chi connectivity index (χ0) is 28.3. The van der Waals surface area contributed by atoms with Gasteiger partial charge in [-0.15, -0.1) is 0 Å². The van der Waals surface area contributed by atoms with Crippen molar-refractivity contribution in [2.24, 2.45) is 5.92 Å². The summed E-state index contributed by atoms with van der Waals surface area (Å²) in [7, 11) is 0. The van der Waals surface area contributed by atoms with Gasteiger partial charge in [-0.3, -0.25) is 10.1 Å². The molecule has 3 amide bonds. The largest absolute Gasteiger partial charge is 0.368 e. The lowest BCUT2D eigenvalue weighted by molar-refractivity contribution is -0.142. The van der Waals surface area contributed by atoms with Gasteiger partial charge in [-0.05, 0) is 74.8 Å². The standard InChI is InChI=1S/C32H41N5O3/c1-22-10-12-26(13-11-22)37-29(21-28(35-37)32(2,3)4)34-31(39)33-25-8-5-7-24(20-25)19-23-14-16-36(17-15-23)30(38)27-9-6-18-40-27/h5,7-8,10-13,20-21,23,27H,6,9,14-19H2,1-4H3,(H2,33,34,39)/t27-/m0/s1. The lowest BCUT2D eigenvalue weighted by Crippen LogP contribution is -2.44. The summed E-state index contributed by atoms with van der Waals surface area (Å²) in [4.78, 5) is 27.7. The number of rotatable bonds is 6. The number of likely N-dealkylation sites (tertiary alicyclic amines) is 1. The van der Waals surface area contributed by atoms with E-state index in [-0.39, 0.29) is 23.5 Å². The summed E-state index contributed by atoms with van der Waals surface area (Å²) in [6, 6.07) is 17.7. The van der Waals surface area contributed by atoms with Crippen molar-refractivity contribution in [3.63, 3.8) is 0 Å². The summed E-state index contributed by atoms with van der Waals surface area (Å²) in [5.41, 5.74) is 4.72. The number of nitrogens with zero attached hydrogens (tertiary/aromatic N) is 3. The molecule has 2 N–H and O–H groups in total. The maximum Gasteiger partial charge on any atom is 0.324 e. The maximum absolute atomic E-state index is 13.1.